The molecule has 3 heteroatoms. The van der Waals surface area contributed by atoms with Crippen molar-refractivity contribution in [3.8, 4) is 0 Å². The Bertz CT molecular complexity index is 860. The van der Waals surface area contributed by atoms with Crippen LogP contribution in [0.15, 0.2) is 54.6 Å². The molecule has 0 aliphatic heterocycles. The average molecular weight is 404 g/mol. The Morgan fingerprint density at radius 2 is 1.30 bits per heavy atom. The monoisotopic (exact) mass is 403 g/mol. The Balaban J connectivity index is 1.46. The lowest BCUT2D eigenvalue weighted by Crippen LogP contribution is -2.07. The zero-order valence-corrected chi connectivity index (χ0v) is 18.6. The molecule has 3 aromatic rings. The fourth-order valence-corrected chi connectivity index (χ4v) is 3.94. The fourth-order valence-electron chi connectivity index (χ4n) is 3.94. The van der Waals surface area contributed by atoms with Gasteiger partial charge in [-0.25, -0.2) is 9.97 Å². The average Bonchev–Trinajstić information content (AvgIpc) is 2.78. The number of hydrogen-bond donors (Lipinski definition) is 1. The van der Waals surface area contributed by atoms with Crippen LogP contribution < -0.4 is 5.32 Å². The van der Waals surface area contributed by atoms with Crippen LogP contribution in [-0.2, 0) is 6.42 Å². The van der Waals surface area contributed by atoms with E-state index in [1.165, 1.54) is 69.8 Å². The first-order chi connectivity index (χ1) is 14.9. The van der Waals surface area contributed by atoms with E-state index in [2.05, 4.69) is 54.7 Å². The van der Waals surface area contributed by atoms with Crippen molar-refractivity contribution in [1.82, 2.24) is 9.97 Å². The van der Waals surface area contributed by atoms with Crippen LogP contribution in [0, 0.1) is 0 Å². The molecule has 1 aromatic heterocycles. The Hall–Kier alpha value is -2.42. The van der Waals surface area contributed by atoms with Crippen molar-refractivity contribution in [2.75, 3.05) is 11.9 Å². The molecule has 2 aromatic carbocycles. The zero-order valence-electron chi connectivity index (χ0n) is 18.6. The Labute approximate surface area is 182 Å². The van der Waals surface area contributed by atoms with Crippen LogP contribution in [0.25, 0.3) is 10.9 Å². The van der Waals surface area contributed by atoms with E-state index in [1.54, 1.807) is 0 Å². The number of aromatic nitrogens is 2. The quantitative estimate of drug-likeness (QED) is 0.282. The first-order valence-electron chi connectivity index (χ1n) is 11.9. The first kappa shape index (κ1) is 22.3. The van der Waals surface area contributed by atoms with E-state index in [4.69, 9.17) is 9.97 Å². The normalized spacial score (nSPS) is 11.1. The summed E-state index contributed by atoms with van der Waals surface area (Å²) in [6, 6.07) is 18.8. The van der Waals surface area contributed by atoms with Crippen LogP contribution in [0.2, 0.25) is 0 Å². The van der Waals surface area contributed by atoms with Gasteiger partial charge in [0.15, 0.2) is 0 Å². The number of anilines is 1. The predicted molar refractivity (Wildman–Crippen MR) is 129 cm³/mol. The summed E-state index contributed by atoms with van der Waals surface area (Å²) in [7, 11) is 0. The first-order valence-corrected chi connectivity index (χ1v) is 11.9. The highest BCUT2D eigenvalue weighted by Gasteiger charge is 2.08. The van der Waals surface area contributed by atoms with E-state index in [1.807, 2.05) is 12.1 Å². The highest BCUT2D eigenvalue weighted by molar-refractivity contribution is 5.89. The zero-order chi connectivity index (χ0) is 20.9. The second-order valence-corrected chi connectivity index (χ2v) is 8.28. The van der Waals surface area contributed by atoms with Gasteiger partial charge in [-0.15, -0.1) is 0 Å². The topological polar surface area (TPSA) is 37.8 Å². The number of hydrogen-bond acceptors (Lipinski definition) is 3. The van der Waals surface area contributed by atoms with Crippen LogP contribution in [-0.4, -0.2) is 16.5 Å². The van der Waals surface area contributed by atoms with Crippen molar-refractivity contribution in [3.05, 3.63) is 66.0 Å². The van der Waals surface area contributed by atoms with Crippen LogP contribution in [0.1, 0.15) is 82.5 Å². The molecule has 0 aliphatic rings. The van der Waals surface area contributed by atoms with Crippen molar-refractivity contribution < 1.29 is 0 Å². The second-order valence-electron chi connectivity index (χ2n) is 8.28. The van der Waals surface area contributed by atoms with Gasteiger partial charge in [-0.05, 0) is 24.1 Å². The van der Waals surface area contributed by atoms with Gasteiger partial charge in [-0.1, -0.05) is 107 Å². The molecule has 0 unspecified atom stereocenters. The third-order valence-electron chi connectivity index (χ3n) is 5.68. The molecule has 160 valence electrons. The van der Waals surface area contributed by atoms with Gasteiger partial charge in [0.25, 0.3) is 0 Å². The molecule has 1 heterocycles. The number of benzene rings is 2. The largest absolute Gasteiger partial charge is 0.369 e. The molecular weight excluding hydrogens is 366 g/mol. The lowest BCUT2D eigenvalue weighted by atomic mass is 10.1. The molecule has 0 saturated heterocycles. The summed E-state index contributed by atoms with van der Waals surface area (Å²) < 4.78 is 0. The number of nitrogens with zero attached hydrogens (tertiary/aromatic N) is 2. The number of rotatable bonds is 14. The van der Waals surface area contributed by atoms with Gasteiger partial charge in [0, 0.05) is 18.4 Å². The van der Waals surface area contributed by atoms with E-state index in [0.717, 1.165) is 35.5 Å². The van der Waals surface area contributed by atoms with Crippen molar-refractivity contribution >= 4 is 16.7 Å². The van der Waals surface area contributed by atoms with Crippen LogP contribution in [0.3, 0.4) is 0 Å². The molecule has 0 radical (unpaired) electrons. The molecule has 0 amide bonds. The fraction of sp³-hybridized carbons (Fsp3) is 0.481. The number of nitrogens with one attached hydrogen (secondary N) is 1. The molecule has 0 aliphatic carbocycles. The Morgan fingerprint density at radius 3 is 2.03 bits per heavy atom. The minimum atomic E-state index is 0.763. The standard InChI is InChI=1S/C27H37N3/c1-2-3-4-5-6-7-8-9-10-16-21-28-27-24-19-14-15-20-25(24)29-26(30-27)22-23-17-12-11-13-18-23/h11-15,17-20H,2-10,16,21-22H2,1H3,(H,28,29,30). The summed E-state index contributed by atoms with van der Waals surface area (Å²) in [4.78, 5) is 9.64. The minimum absolute atomic E-state index is 0.763. The molecule has 30 heavy (non-hydrogen) atoms. The summed E-state index contributed by atoms with van der Waals surface area (Å²) in [6.07, 6.45) is 14.4. The van der Waals surface area contributed by atoms with Gasteiger partial charge in [-0.2, -0.15) is 0 Å². The molecule has 3 rings (SSSR count). The second kappa shape index (κ2) is 13.0. The third kappa shape index (κ3) is 7.44. The minimum Gasteiger partial charge on any atom is -0.369 e. The number of para-hydroxylation sites is 1. The van der Waals surface area contributed by atoms with Gasteiger partial charge in [-0.3, -0.25) is 0 Å². The summed E-state index contributed by atoms with van der Waals surface area (Å²) in [5.74, 6) is 1.85. The summed E-state index contributed by atoms with van der Waals surface area (Å²) >= 11 is 0. The molecule has 0 saturated carbocycles. The molecule has 1 N–H and O–H groups in total. The maximum atomic E-state index is 4.86. The summed E-state index contributed by atoms with van der Waals surface area (Å²) in [5.41, 5.74) is 2.26. The van der Waals surface area contributed by atoms with Crippen LogP contribution in [0.5, 0.6) is 0 Å². The lowest BCUT2D eigenvalue weighted by Gasteiger charge is -2.11. The van der Waals surface area contributed by atoms with E-state index in [9.17, 15) is 0 Å². The van der Waals surface area contributed by atoms with E-state index < -0.39 is 0 Å². The smallest absolute Gasteiger partial charge is 0.137 e. The van der Waals surface area contributed by atoms with Crippen molar-refractivity contribution in [2.24, 2.45) is 0 Å². The number of fused-ring (bicyclic) bond motifs is 1. The van der Waals surface area contributed by atoms with Crippen molar-refractivity contribution in [3.63, 3.8) is 0 Å². The highest BCUT2D eigenvalue weighted by Crippen LogP contribution is 2.21. The molecule has 0 bridgehead atoms. The summed E-state index contributed by atoms with van der Waals surface area (Å²) in [5, 5.41) is 4.70. The van der Waals surface area contributed by atoms with E-state index >= 15 is 0 Å². The van der Waals surface area contributed by atoms with Crippen molar-refractivity contribution in [1.29, 1.82) is 0 Å². The van der Waals surface area contributed by atoms with E-state index in [0.29, 0.717) is 0 Å². The molecule has 0 spiro atoms. The number of unbranched alkanes of at least 4 members (excludes halogenated alkanes) is 9. The van der Waals surface area contributed by atoms with Crippen molar-refractivity contribution in [2.45, 2.75) is 77.6 Å². The molecule has 3 nitrogen and oxygen atoms in total. The van der Waals surface area contributed by atoms with Gasteiger partial charge >= 0.3 is 0 Å². The Morgan fingerprint density at radius 1 is 0.667 bits per heavy atom. The van der Waals surface area contributed by atoms with Gasteiger partial charge < -0.3 is 5.32 Å². The Kier molecular flexibility index (Phi) is 9.65. The molecular formula is C27H37N3. The molecule has 0 atom stereocenters. The van der Waals surface area contributed by atoms with Crippen LogP contribution in [0.4, 0.5) is 5.82 Å². The third-order valence-corrected chi connectivity index (χ3v) is 5.68. The maximum Gasteiger partial charge on any atom is 0.137 e. The van der Waals surface area contributed by atoms with Gasteiger partial charge in [0.2, 0.25) is 0 Å². The predicted octanol–water partition coefficient (Wildman–Crippen LogP) is 7.55. The maximum absolute atomic E-state index is 4.86. The van der Waals surface area contributed by atoms with Gasteiger partial charge in [0.1, 0.15) is 11.6 Å². The van der Waals surface area contributed by atoms with Crippen LogP contribution >= 0.6 is 0 Å². The van der Waals surface area contributed by atoms with Gasteiger partial charge in [0.05, 0.1) is 5.52 Å². The highest BCUT2D eigenvalue weighted by atomic mass is 15.0. The van der Waals surface area contributed by atoms with E-state index in [-0.39, 0.29) is 0 Å². The SMILES string of the molecule is CCCCCCCCCCCCNc1nc(Cc2ccccc2)nc2ccccc12. The molecule has 0 fully saturated rings. The lowest BCUT2D eigenvalue weighted by molar-refractivity contribution is 0.560. The summed E-state index contributed by atoms with van der Waals surface area (Å²) in [6.45, 7) is 3.25.